The summed E-state index contributed by atoms with van der Waals surface area (Å²) >= 11 is 11.9. The zero-order chi connectivity index (χ0) is 21.0. The largest absolute Gasteiger partial charge is 0.490 e. The lowest BCUT2D eigenvalue weighted by Gasteiger charge is -2.32. The van der Waals surface area contributed by atoms with Gasteiger partial charge in [-0.15, -0.1) is 0 Å². The number of para-hydroxylation sites is 1. The number of hydrogen-bond donors (Lipinski definition) is 1. The summed E-state index contributed by atoms with van der Waals surface area (Å²) in [5.41, 5.74) is -0.0496. The van der Waals surface area contributed by atoms with E-state index >= 15 is 0 Å². The number of carbonyl (C=O) groups excluding carboxylic acids is 1. The van der Waals surface area contributed by atoms with Crippen molar-refractivity contribution >= 4 is 29.2 Å². The van der Waals surface area contributed by atoms with E-state index in [-0.39, 0.29) is 24.4 Å². The minimum absolute atomic E-state index is 0.180. The van der Waals surface area contributed by atoms with Gasteiger partial charge in [0.15, 0.2) is 0 Å². The molecule has 1 saturated heterocycles. The number of hydrogen-bond acceptors (Lipinski definition) is 2. The Hall–Kier alpha value is -2.12. The number of alkyl halides is 3. The van der Waals surface area contributed by atoms with Crippen molar-refractivity contribution in [3.8, 4) is 5.75 Å². The number of nitrogens with one attached hydrogen (secondary N) is 1. The van der Waals surface area contributed by atoms with Crippen LogP contribution in [0.1, 0.15) is 24.0 Å². The quantitative estimate of drug-likeness (QED) is 0.647. The summed E-state index contributed by atoms with van der Waals surface area (Å²) in [4.78, 5) is 14.0. The van der Waals surface area contributed by atoms with Crippen molar-refractivity contribution in [1.29, 1.82) is 0 Å². The van der Waals surface area contributed by atoms with Gasteiger partial charge in [0.1, 0.15) is 11.9 Å². The number of benzene rings is 2. The van der Waals surface area contributed by atoms with Gasteiger partial charge >= 0.3 is 12.2 Å². The number of carbonyl (C=O) groups is 1. The van der Waals surface area contributed by atoms with Crippen LogP contribution in [0, 0.1) is 0 Å². The van der Waals surface area contributed by atoms with Crippen LogP contribution < -0.4 is 10.1 Å². The molecule has 0 spiro atoms. The highest BCUT2D eigenvalue weighted by atomic mass is 35.5. The van der Waals surface area contributed by atoms with E-state index in [0.29, 0.717) is 36.0 Å². The lowest BCUT2D eigenvalue weighted by atomic mass is 10.1. The first-order valence-electron chi connectivity index (χ1n) is 9.03. The van der Waals surface area contributed by atoms with Crippen LogP contribution >= 0.6 is 23.2 Å². The maximum absolute atomic E-state index is 13.1. The van der Waals surface area contributed by atoms with Crippen LogP contribution in [0.4, 0.5) is 18.0 Å². The standard InChI is InChI=1S/C20H19Cl2F3N2O2/c21-14-6-5-13(17(22)11-14)12-26-19(28)27-9-7-15(8-10-27)29-18-4-2-1-3-16(18)20(23,24)25/h1-6,11,15H,7-10,12H2,(H,26,28). The third kappa shape index (κ3) is 5.70. The summed E-state index contributed by atoms with van der Waals surface area (Å²) in [5.74, 6) is -0.180. The van der Waals surface area contributed by atoms with Gasteiger partial charge in [0, 0.05) is 42.5 Å². The highest BCUT2D eigenvalue weighted by Gasteiger charge is 2.35. The van der Waals surface area contributed by atoms with E-state index in [0.717, 1.165) is 11.6 Å². The second kappa shape index (κ2) is 9.13. The number of piperidine rings is 1. The van der Waals surface area contributed by atoms with Gasteiger partial charge in [-0.3, -0.25) is 0 Å². The van der Waals surface area contributed by atoms with Gasteiger partial charge in [0.25, 0.3) is 0 Å². The van der Waals surface area contributed by atoms with Crippen LogP contribution in [-0.4, -0.2) is 30.1 Å². The normalized spacial score (nSPS) is 15.3. The molecular formula is C20H19Cl2F3N2O2. The van der Waals surface area contributed by atoms with Crippen LogP contribution in [0.25, 0.3) is 0 Å². The van der Waals surface area contributed by atoms with E-state index in [1.54, 1.807) is 23.1 Å². The number of ether oxygens (including phenoxy) is 1. The molecule has 156 valence electrons. The third-order valence-corrected chi connectivity index (χ3v) is 5.25. The molecule has 2 aromatic carbocycles. The molecule has 0 atom stereocenters. The number of likely N-dealkylation sites (tertiary alicyclic amines) is 1. The average Bonchev–Trinajstić information content (AvgIpc) is 2.67. The van der Waals surface area contributed by atoms with Gasteiger partial charge in [-0.1, -0.05) is 41.4 Å². The molecule has 0 unspecified atom stereocenters. The Bertz CT molecular complexity index is 869. The fraction of sp³-hybridized carbons (Fsp3) is 0.350. The predicted octanol–water partition coefficient (Wildman–Crippen LogP) is 5.77. The molecule has 29 heavy (non-hydrogen) atoms. The Balaban J connectivity index is 1.51. The zero-order valence-electron chi connectivity index (χ0n) is 15.3. The summed E-state index contributed by atoms with van der Waals surface area (Å²) in [6.45, 7) is 1.03. The molecule has 2 amide bonds. The molecule has 2 aromatic rings. The fourth-order valence-electron chi connectivity index (χ4n) is 3.11. The van der Waals surface area contributed by atoms with Crippen LogP contribution in [-0.2, 0) is 12.7 Å². The highest BCUT2D eigenvalue weighted by molar-refractivity contribution is 6.35. The number of halogens is 5. The second-order valence-corrected chi connectivity index (χ2v) is 7.54. The van der Waals surface area contributed by atoms with E-state index in [2.05, 4.69) is 5.32 Å². The smallest absolute Gasteiger partial charge is 0.419 e. The monoisotopic (exact) mass is 446 g/mol. The van der Waals surface area contributed by atoms with Crippen LogP contribution in [0.2, 0.25) is 10.0 Å². The number of nitrogens with zero attached hydrogens (tertiary/aromatic N) is 1. The first-order valence-corrected chi connectivity index (χ1v) is 9.79. The second-order valence-electron chi connectivity index (χ2n) is 6.69. The minimum atomic E-state index is -4.47. The third-order valence-electron chi connectivity index (χ3n) is 4.66. The summed E-state index contributed by atoms with van der Waals surface area (Å²) in [6.07, 6.45) is -3.96. The van der Waals surface area contributed by atoms with Gasteiger partial charge in [-0.05, 0) is 29.8 Å². The average molecular weight is 447 g/mol. The SMILES string of the molecule is O=C(NCc1ccc(Cl)cc1Cl)N1CCC(Oc2ccccc2C(F)(F)F)CC1. The maximum Gasteiger partial charge on any atom is 0.419 e. The molecule has 1 aliphatic heterocycles. The Kier molecular flexibility index (Phi) is 6.80. The molecular weight excluding hydrogens is 428 g/mol. The number of rotatable bonds is 4. The van der Waals surface area contributed by atoms with Crippen molar-refractivity contribution in [2.24, 2.45) is 0 Å². The van der Waals surface area contributed by atoms with E-state index in [1.807, 2.05) is 0 Å². The first-order chi connectivity index (χ1) is 13.7. The van der Waals surface area contributed by atoms with E-state index in [1.165, 1.54) is 18.2 Å². The molecule has 4 nitrogen and oxygen atoms in total. The lowest BCUT2D eigenvalue weighted by molar-refractivity contribution is -0.139. The highest BCUT2D eigenvalue weighted by Crippen LogP contribution is 2.37. The van der Waals surface area contributed by atoms with Crippen molar-refractivity contribution in [2.45, 2.75) is 31.7 Å². The van der Waals surface area contributed by atoms with Gasteiger partial charge < -0.3 is 15.0 Å². The van der Waals surface area contributed by atoms with E-state index in [9.17, 15) is 18.0 Å². The van der Waals surface area contributed by atoms with Crippen molar-refractivity contribution < 1.29 is 22.7 Å². The number of amides is 2. The predicted molar refractivity (Wildman–Crippen MR) is 105 cm³/mol. The number of urea groups is 1. The molecule has 1 heterocycles. The molecule has 1 N–H and O–H groups in total. The molecule has 0 bridgehead atoms. The first kappa shape index (κ1) is 21.6. The van der Waals surface area contributed by atoms with Crippen LogP contribution in [0.3, 0.4) is 0 Å². The van der Waals surface area contributed by atoms with Crippen LogP contribution in [0.15, 0.2) is 42.5 Å². The van der Waals surface area contributed by atoms with Crippen LogP contribution in [0.5, 0.6) is 5.75 Å². The lowest BCUT2D eigenvalue weighted by Crippen LogP contribution is -2.46. The maximum atomic E-state index is 13.1. The van der Waals surface area contributed by atoms with Crippen molar-refractivity contribution in [3.05, 3.63) is 63.6 Å². The van der Waals surface area contributed by atoms with Gasteiger partial charge in [0.05, 0.1) is 5.56 Å². The molecule has 0 aromatic heterocycles. The fourth-order valence-corrected chi connectivity index (χ4v) is 3.58. The topological polar surface area (TPSA) is 41.6 Å². The minimum Gasteiger partial charge on any atom is -0.490 e. The zero-order valence-corrected chi connectivity index (χ0v) is 16.8. The Morgan fingerprint density at radius 3 is 2.48 bits per heavy atom. The van der Waals surface area contributed by atoms with Crippen molar-refractivity contribution in [2.75, 3.05) is 13.1 Å². The molecule has 3 rings (SSSR count). The Labute approximate surface area is 176 Å². The summed E-state index contributed by atoms with van der Waals surface area (Å²) in [7, 11) is 0. The van der Waals surface area contributed by atoms with Gasteiger partial charge in [-0.2, -0.15) is 13.2 Å². The summed E-state index contributed by atoms with van der Waals surface area (Å²) in [5, 5.41) is 3.77. The molecule has 9 heteroatoms. The molecule has 0 saturated carbocycles. The molecule has 0 aliphatic carbocycles. The van der Waals surface area contributed by atoms with Gasteiger partial charge in [-0.25, -0.2) is 4.79 Å². The van der Waals surface area contributed by atoms with Crippen molar-refractivity contribution in [3.63, 3.8) is 0 Å². The molecule has 1 aliphatic rings. The molecule has 1 fully saturated rings. The van der Waals surface area contributed by atoms with E-state index < -0.39 is 11.7 Å². The summed E-state index contributed by atoms with van der Waals surface area (Å²) < 4.78 is 44.9. The molecule has 0 radical (unpaired) electrons. The Morgan fingerprint density at radius 1 is 1.14 bits per heavy atom. The summed E-state index contributed by atoms with van der Waals surface area (Å²) in [6, 6.07) is 9.93. The van der Waals surface area contributed by atoms with Crippen molar-refractivity contribution in [1.82, 2.24) is 10.2 Å². The van der Waals surface area contributed by atoms with Gasteiger partial charge in [0.2, 0.25) is 0 Å². The Morgan fingerprint density at radius 2 is 1.83 bits per heavy atom. The van der Waals surface area contributed by atoms with E-state index in [4.69, 9.17) is 27.9 Å².